The van der Waals surface area contributed by atoms with Crippen molar-refractivity contribution in [2.24, 2.45) is 5.41 Å². The quantitative estimate of drug-likeness (QED) is 0.155. The second-order valence-corrected chi connectivity index (χ2v) is 28.2. The fourth-order valence-corrected chi connectivity index (χ4v) is 18.7. The fraction of sp³-hybridized carbons (Fsp3) is 0.200. The first-order valence-corrected chi connectivity index (χ1v) is 33.3. The molecule has 0 N–H and O–H groups in total. The molecule has 6 aliphatic rings. The molecule has 2 aromatic heterocycles. The van der Waals surface area contributed by atoms with Gasteiger partial charge in [-0.3, -0.25) is 0 Å². The lowest BCUT2D eigenvalue weighted by Gasteiger charge is -2.53. The Labute approximate surface area is 533 Å². The van der Waals surface area contributed by atoms with Gasteiger partial charge >= 0.3 is 0 Å². The molecular weight excluding hydrogens is 1110 g/mol. The molecule has 440 valence electrons. The summed E-state index contributed by atoms with van der Waals surface area (Å²) in [5.41, 5.74) is 29.7. The van der Waals surface area contributed by atoms with Gasteiger partial charge in [0.05, 0.1) is 27.7 Å². The third kappa shape index (κ3) is 7.31. The number of allylic oxidation sites excluding steroid dienone is 1. The molecule has 5 heterocycles. The second-order valence-electron chi connectivity index (χ2n) is 28.2. The van der Waals surface area contributed by atoms with Gasteiger partial charge in [0.25, 0.3) is 6.71 Å². The van der Waals surface area contributed by atoms with E-state index >= 15 is 0 Å². The number of fused-ring (bicyclic) bond motifs is 16. The SMILES string of the molecule is Cc1cc2c3c(c1)N(c1cccc4oc5ccccc5c14)c1cc(N4c5ccc(-c6ccccc6)cc5C5(C)CCCCC45C)ccc1B3c1ccc(C3=CC4(C)CCCCC4(C)c4cc(-c5ccccc5)ccc43)cc1N2c1cccc2oc3ccccc3c12. The minimum atomic E-state index is -0.173. The van der Waals surface area contributed by atoms with Gasteiger partial charge in [-0.25, -0.2) is 0 Å². The van der Waals surface area contributed by atoms with Gasteiger partial charge in [0.2, 0.25) is 0 Å². The maximum absolute atomic E-state index is 6.81. The number of anilines is 8. The summed E-state index contributed by atoms with van der Waals surface area (Å²) < 4.78 is 13.6. The molecule has 4 unspecified atom stereocenters. The van der Waals surface area contributed by atoms with Crippen LogP contribution in [0, 0.1) is 12.3 Å². The Morgan fingerprint density at radius 1 is 0.385 bits per heavy atom. The van der Waals surface area contributed by atoms with Crippen LogP contribution >= 0.6 is 0 Å². The van der Waals surface area contributed by atoms with E-state index in [4.69, 9.17) is 8.83 Å². The molecule has 91 heavy (non-hydrogen) atoms. The van der Waals surface area contributed by atoms with E-state index in [1.54, 1.807) is 0 Å². The van der Waals surface area contributed by atoms with Crippen LogP contribution in [0.4, 0.5) is 45.5 Å². The number of nitrogens with zero attached hydrogens (tertiary/aromatic N) is 3. The third-order valence-corrected chi connectivity index (χ3v) is 23.6. The minimum absolute atomic E-state index is 0.0150. The van der Waals surface area contributed by atoms with Gasteiger partial charge in [-0.2, -0.15) is 0 Å². The van der Waals surface area contributed by atoms with Crippen molar-refractivity contribution in [3.63, 3.8) is 0 Å². The zero-order valence-electron chi connectivity index (χ0n) is 52.4. The van der Waals surface area contributed by atoms with Crippen LogP contribution in [0.1, 0.15) is 107 Å². The van der Waals surface area contributed by atoms with Crippen molar-refractivity contribution >= 4 is 118 Å². The van der Waals surface area contributed by atoms with E-state index in [1.807, 2.05) is 0 Å². The van der Waals surface area contributed by atoms with Crippen molar-refractivity contribution in [1.82, 2.24) is 0 Å². The first-order valence-electron chi connectivity index (χ1n) is 33.3. The molecule has 0 bridgehead atoms. The van der Waals surface area contributed by atoms with Crippen LogP contribution < -0.4 is 31.1 Å². The average Bonchev–Trinajstić information content (AvgIpc) is 1.63. The molecule has 2 fully saturated rings. The van der Waals surface area contributed by atoms with E-state index in [9.17, 15) is 0 Å². The summed E-state index contributed by atoms with van der Waals surface area (Å²) in [7, 11) is 0. The minimum Gasteiger partial charge on any atom is -0.456 e. The molecule has 6 heteroatoms. The predicted molar refractivity (Wildman–Crippen MR) is 381 cm³/mol. The second kappa shape index (κ2) is 19.1. The Hall–Kier alpha value is -9.78. The molecule has 11 aromatic carbocycles. The van der Waals surface area contributed by atoms with Crippen molar-refractivity contribution in [2.45, 2.75) is 102 Å². The van der Waals surface area contributed by atoms with Crippen molar-refractivity contribution in [2.75, 3.05) is 14.7 Å². The monoisotopic (exact) mass is 1180 g/mol. The highest BCUT2D eigenvalue weighted by Crippen LogP contribution is 2.63. The van der Waals surface area contributed by atoms with E-state index in [0.717, 1.165) is 74.5 Å². The van der Waals surface area contributed by atoms with Gasteiger partial charge in [0, 0.05) is 55.7 Å². The van der Waals surface area contributed by atoms with Crippen molar-refractivity contribution in [3.05, 3.63) is 264 Å². The first-order chi connectivity index (χ1) is 44.5. The highest BCUT2D eigenvalue weighted by Gasteiger charge is 2.58. The highest BCUT2D eigenvalue weighted by atomic mass is 16.3. The van der Waals surface area contributed by atoms with E-state index < -0.39 is 0 Å². The number of para-hydroxylation sites is 2. The van der Waals surface area contributed by atoms with Gasteiger partial charge in [-0.05, 0) is 202 Å². The average molecular weight is 1180 g/mol. The summed E-state index contributed by atoms with van der Waals surface area (Å²) in [6.07, 6.45) is 12.2. The number of aryl methyl sites for hydroxylation is 1. The Bertz CT molecular complexity index is 5270. The van der Waals surface area contributed by atoms with Gasteiger partial charge in [0.15, 0.2) is 0 Å². The van der Waals surface area contributed by atoms with Crippen LogP contribution in [0.15, 0.2) is 245 Å². The van der Waals surface area contributed by atoms with Crippen LogP contribution in [0.2, 0.25) is 0 Å². The van der Waals surface area contributed by atoms with Crippen molar-refractivity contribution in [1.29, 1.82) is 0 Å². The summed E-state index contributed by atoms with van der Waals surface area (Å²) in [5.74, 6) is 0. The number of hydrogen-bond acceptors (Lipinski definition) is 5. The van der Waals surface area contributed by atoms with E-state index in [1.165, 1.54) is 138 Å². The number of furan rings is 2. The van der Waals surface area contributed by atoms with Gasteiger partial charge in [0.1, 0.15) is 22.3 Å². The molecular formula is C85H70BN3O2. The number of rotatable bonds is 6. The Kier molecular flexibility index (Phi) is 11.2. The van der Waals surface area contributed by atoms with Crippen LogP contribution in [0.3, 0.4) is 0 Å². The molecule has 3 aliphatic carbocycles. The first kappa shape index (κ1) is 53.1. The van der Waals surface area contributed by atoms with E-state index in [2.05, 4.69) is 286 Å². The molecule has 3 aliphatic heterocycles. The summed E-state index contributed by atoms with van der Waals surface area (Å²) in [6.45, 7) is 12.4. The zero-order valence-corrected chi connectivity index (χ0v) is 52.4. The van der Waals surface area contributed by atoms with Gasteiger partial charge < -0.3 is 23.5 Å². The molecule has 0 amide bonds. The van der Waals surface area contributed by atoms with Crippen LogP contribution in [0.5, 0.6) is 0 Å². The van der Waals surface area contributed by atoms with Gasteiger partial charge in [-0.15, -0.1) is 0 Å². The lowest BCUT2D eigenvalue weighted by Crippen LogP contribution is -2.61. The van der Waals surface area contributed by atoms with Crippen molar-refractivity contribution < 1.29 is 8.83 Å². The Balaban J connectivity index is 0.882. The van der Waals surface area contributed by atoms with Crippen LogP contribution in [-0.2, 0) is 10.8 Å². The molecule has 13 aromatic rings. The lowest BCUT2D eigenvalue weighted by molar-refractivity contribution is 0.138. The maximum Gasteiger partial charge on any atom is 0.252 e. The molecule has 5 nitrogen and oxygen atoms in total. The Morgan fingerprint density at radius 3 is 1.56 bits per heavy atom. The van der Waals surface area contributed by atoms with Crippen LogP contribution in [0.25, 0.3) is 71.7 Å². The highest BCUT2D eigenvalue weighted by molar-refractivity contribution is 7.00. The third-order valence-electron chi connectivity index (χ3n) is 23.6. The standard InChI is InChI=1S/C85H70BN3O2/c1-53-46-73-81-74(47-53)88(70-29-21-33-78-80(70)62-27-13-15-31-76(62)91-78)72-51-59(89-68-41-36-57(55-24-10-7-11-25-55)49-65(68)84(4)44-18-19-45-85(84,89)5)37-40-67(72)86(81)66-39-35-58(50-71(66)87(73)69-28-20-32-77-79(69)61-26-12-14-30-75(61)90-77)63-52-82(2)42-16-17-43-83(82,3)64-48-56(34-38-60(63)64)54-22-8-6-9-23-54/h6-15,20-41,46-52H,16-19,42-45H2,1-5H3. The molecule has 19 rings (SSSR count). The van der Waals surface area contributed by atoms with E-state index in [-0.39, 0.29) is 28.5 Å². The number of benzene rings is 11. The zero-order chi connectivity index (χ0) is 60.7. The normalized spacial score (nSPS) is 21.9. The lowest BCUT2D eigenvalue weighted by atomic mass is 9.33. The summed E-state index contributed by atoms with van der Waals surface area (Å²) in [4.78, 5) is 8.03. The summed E-state index contributed by atoms with van der Waals surface area (Å²) in [6, 6.07) is 87.3. The largest absolute Gasteiger partial charge is 0.456 e. The molecule has 0 spiro atoms. The molecule has 0 saturated heterocycles. The van der Waals surface area contributed by atoms with Crippen molar-refractivity contribution in [3.8, 4) is 22.3 Å². The predicted octanol–water partition coefficient (Wildman–Crippen LogP) is 21.2. The van der Waals surface area contributed by atoms with Gasteiger partial charge in [-0.1, -0.05) is 198 Å². The fourth-order valence-electron chi connectivity index (χ4n) is 18.7. The maximum atomic E-state index is 6.81. The van der Waals surface area contributed by atoms with Crippen LogP contribution in [-0.4, -0.2) is 12.3 Å². The molecule has 0 radical (unpaired) electrons. The topological polar surface area (TPSA) is 36.0 Å². The Morgan fingerprint density at radius 2 is 0.912 bits per heavy atom. The summed E-state index contributed by atoms with van der Waals surface area (Å²) in [5, 5.41) is 4.44. The smallest absolute Gasteiger partial charge is 0.252 e. The molecule has 2 saturated carbocycles. The summed E-state index contributed by atoms with van der Waals surface area (Å²) >= 11 is 0. The molecule has 4 atom stereocenters. The number of hydrogen-bond donors (Lipinski definition) is 0. The van der Waals surface area contributed by atoms with E-state index in [0.29, 0.717) is 0 Å².